The third-order valence-electron chi connectivity index (χ3n) is 3.98. The first-order chi connectivity index (χ1) is 9.91. The minimum atomic E-state index is -3.43. The minimum Gasteiger partial charge on any atom is -0.313 e. The van der Waals surface area contributed by atoms with Gasteiger partial charge in [0.2, 0.25) is 10.0 Å². The molecule has 1 aromatic carbocycles. The Morgan fingerprint density at radius 3 is 2.67 bits per heavy atom. The van der Waals surface area contributed by atoms with Crippen molar-refractivity contribution in [1.82, 2.24) is 9.62 Å². The summed E-state index contributed by atoms with van der Waals surface area (Å²) in [5.74, 6) is 0. The van der Waals surface area contributed by atoms with Crippen LogP contribution in [0.4, 0.5) is 0 Å². The van der Waals surface area contributed by atoms with Gasteiger partial charge in [-0.05, 0) is 57.9 Å². The van der Waals surface area contributed by atoms with Crippen LogP contribution in [0.15, 0.2) is 29.2 Å². The van der Waals surface area contributed by atoms with Crippen molar-refractivity contribution in [1.29, 1.82) is 0 Å². The maximum Gasteiger partial charge on any atom is 0.243 e. The lowest BCUT2D eigenvalue weighted by atomic mass is 10.1. The zero-order valence-corrected chi connectivity index (χ0v) is 14.0. The number of piperidine rings is 1. The lowest BCUT2D eigenvalue weighted by molar-refractivity contribution is 0.282. The molecule has 5 heteroatoms. The number of nitrogens with one attached hydrogen (secondary N) is 1. The van der Waals surface area contributed by atoms with Gasteiger partial charge in [0.25, 0.3) is 0 Å². The van der Waals surface area contributed by atoms with E-state index in [0.29, 0.717) is 11.4 Å². The lowest BCUT2D eigenvalue weighted by Gasteiger charge is -2.32. The molecule has 118 valence electrons. The summed E-state index contributed by atoms with van der Waals surface area (Å²) in [4.78, 5) is 0.395. The molecule has 0 saturated carbocycles. The van der Waals surface area contributed by atoms with Crippen LogP contribution in [0.2, 0.25) is 0 Å². The molecular weight excluding hydrogens is 284 g/mol. The van der Waals surface area contributed by atoms with E-state index in [-0.39, 0.29) is 12.1 Å². The second-order valence-corrected chi connectivity index (χ2v) is 8.02. The molecule has 0 amide bonds. The Balaban J connectivity index is 2.23. The standard InChI is InChI=1S/C16H26N2O2S/c1-13(2)18(12-15-8-4-5-10-17-15)21(19,20)16-9-6-7-14(3)11-16/h6-7,9,11,13,15,17H,4-5,8,10,12H2,1-3H3. The Bertz CT molecular complexity index is 563. The summed E-state index contributed by atoms with van der Waals surface area (Å²) in [6.07, 6.45) is 3.41. The van der Waals surface area contributed by atoms with Crippen molar-refractivity contribution in [2.75, 3.05) is 13.1 Å². The smallest absolute Gasteiger partial charge is 0.243 e. The first-order valence-electron chi connectivity index (χ1n) is 7.73. The number of hydrogen-bond donors (Lipinski definition) is 1. The van der Waals surface area contributed by atoms with Gasteiger partial charge in [0.05, 0.1) is 4.90 Å². The molecule has 1 atom stereocenters. The molecule has 1 aliphatic heterocycles. The highest BCUT2D eigenvalue weighted by Gasteiger charge is 2.29. The van der Waals surface area contributed by atoms with Crippen molar-refractivity contribution in [3.05, 3.63) is 29.8 Å². The molecule has 1 N–H and O–H groups in total. The van der Waals surface area contributed by atoms with E-state index in [9.17, 15) is 8.42 Å². The maximum absolute atomic E-state index is 12.9. The zero-order valence-electron chi connectivity index (χ0n) is 13.2. The number of nitrogens with zero attached hydrogens (tertiary/aromatic N) is 1. The van der Waals surface area contributed by atoms with Gasteiger partial charge in [0, 0.05) is 18.6 Å². The first kappa shape index (κ1) is 16.5. The van der Waals surface area contributed by atoms with E-state index in [0.717, 1.165) is 18.5 Å². The molecule has 0 bridgehead atoms. The van der Waals surface area contributed by atoms with E-state index in [1.165, 1.54) is 12.8 Å². The van der Waals surface area contributed by atoms with Crippen molar-refractivity contribution >= 4 is 10.0 Å². The summed E-state index contributed by atoms with van der Waals surface area (Å²) < 4.78 is 27.4. The van der Waals surface area contributed by atoms with Crippen molar-refractivity contribution in [3.8, 4) is 0 Å². The second-order valence-electron chi connectivity index (χ2n) is 6.13. The van der Waals surface area contributed by atoms with E-state index >= 15 is 0 Å². The molecule has 0 aliphatic carbocycles. The van der Waals surface area contributed by atoms with Crippen LogP contribution in [0.5, 0.6) is 0 Å². The highest BCUT2D eigenvalue weighted by Crippen LogP contribution is 2.21. The van der Waals surface area contributed by atoms with Crippen LogP contribution in [0.3, 0.4) is 0 Å². The van der Waals surface area contributed by atoms with Gasteiger partial charge in [-0.15, -0.1) is 0 Å². The Kier molecular flexibility index (Phi) is 5.41. The van der Waals surface area contributed by atoms with Gasteiger partial charge in [-0.1, -0.05) is 18.6 Å². The average Bonchev–Trinajstić information content (AvgIpc) is 2.45. The molecule has 1 fully saturated rings. The molecule has 1 saturated heterocycles. The molecular formula is C16H26N2O2S. The molecule has 0 aromatic heterocycles. The Morgan fingerprint density at radius 2 is 2.10 bits per heavy atom. The Morgan fingerprint density at radius 1 is 1.33 bits per heavy atom. The Hall–Kier alpha value is -0.910. The van der Waals surface area contributed by atoms with Gasteiger partial charge in [-0.2, -0.15) is 4.31 Å². The van der Waals surface area contributed by atoms with Crippen LogP contribution >= 0.6 is 0 Å². The maximum atomic E-state index is 12.9. The molecule has 0 radical (unpaired) electrons. The highest BCUT2D eigenvalue weighted by molar-refractivity contribution is 7.89. The number of hydrogen-bond acceptors (Lipinski definition) is 3. The average molecular weight is 310 g/mol. The van der Waals surface area contributed by atoms with E-state index in [1.807, 2.05) is 26.8 Å². The Labute approximate surface area is 128 Å². The third kappa shape index (κ3) is 4.05. The zero-order chi connectivity index (χ0) is 15.5. The molecule has 2 rings (SSSR count). The molecule has 21 heavy (non-hydrogen) atoms. The van der Waals surface area contributed by atoms with Crippen molar-refractivity contribution in [2.45, 2.75) is 57.0 Å². The molecule has 1 aromatic rings. The minimum absolute atomic E-state index is 0.0424. The quantitative estimate of drug-likeness (QED) is 0.909. The largest absolute Gasteiger partial charge is 0.313 e. The predicted octanol–water partition coefficient (Wildman–Crippen LogP) is 2.54. The van der Waals surface area contributed by atoms with E-state index in [4.69, 9.17) is 0 Å². The van der Waals surface area contributed by atoms with Gasteiger partial charge in [-0.3, -0.25) is 0 Å². The fourth-order valence-electron chi connectivity index (χ4n) is 2.79. The lowest BCUT2D eigenvalue weighted by Crippen LogP contribution is -2.48. The van der Waals surface area contributed by atoms with E-state index in [2.05, 4.69) is 5.32 Å². The molecule has 1 heterocycles. The van der Waals surface area contributed by atoms with Gasteiger partial charge < -0.3 is 5.32 Å². The number of benzene rings is 1. The third-order valence-corrected chi connectivity index (χ3v) is 6.02. The molecule has 1 unspecified atom stereocenters. The van der Waals surface area contributed by atoms with Crippen LogP contribution in [-0.2, 0) is 10.0 Å². The van der Waals surface area contributed by atoms with Crippen LogP contribution in [-0.4, -0.2) is 37.9 Å². The van der Waals surface area contributed by atoms with Crippen molar-refractivity contribution in [3.63, 3.8) is 0 Å². The van der Waals surface area contributed by atoms with Crippen molar-refractivity contribution < 1.29 is 8.42 Å². The summed E-state index contributed by atoms with van der Waals surface area (Å²) in [6, 6.07) is 7.38. The summed E-state index contributed by atoms with van der Waals surface area (Å²) >= 11 is 0. The first-order valence-corrected chi connectivity index (χ1v) is 9.17. The molecule has 1 aliphatic rings. The summed E-state index contributed by atoms with van der Waals surface area (Å²) in [7, 11) is -3.43. The van der Waals surface area contributed by atoms with Crippen molar-refractivity contribution in [2.24, 2.45) is 0 Å². The highest BCUT2D eigenvalue weighted by atomic mass is 32.2. The summed E-state index contributed by atoms with van der Waals surface area (Å²) in [6.45, 7) is 7.34. The summed E-state index contributed by atoms with van der Waals surface area (Å²) in [5, 5.41) is 3.43. The van der Waals surface area contributed by atoms with Crippen LogP contribution < -0.4 is 5.32 Å². The monoisotopic (exact) mass is 310 g/mol. The predicted molar refractivity (Wildman–Crippen MR) is 85.8 cm³/mol. The normalized spacial score (nSPS) is 20.1. The topological polar surface area (TPSA) is 49.4 Å². The van der Waals surface area contributed by atoms with Gasteiger partial charge >= 0.3 is 0 Å². The summed E-state index contributed by atoms with van der Waals surface area (Å²) in [5.41, 5.74) is 0.968. The number of aryl methyl sites for hydroxylation is 1. The van der Waals surface area contributed by atoms with Gasteiger partial charge in [0.15, 0.2) is 0 Å². The second kappa shape index (κ2) is 6.90. The molecule has 0 spiro atoms. The SMILES string of the molecule is Cc1cccc(S(=O)(=O)N(CC2CCCCN2)C(C)C)c1. The van der Waals surface area contributed by atoms with Crippen LogP contribution in [0.25, 0.3) is 0 Å². The fraction of sp³-hybridized carbons (Fsp3) is 0.625. The van der Waals surface area contributed by atoms with Crippen LogP contribution in [0.1, 0.15) is 38.7 Å². The fourth-order valence-corrected chi connectivity index (χ4v) is 4.58. The number of rotatable bonds is 5. The van der Waals surface area contributed by atoms with Gasteiger partial charge in [0.1, 0.15) is 0 Å². The van der Waals surface area contributed by atoms with E-state index < -0.39 is 10.0 Å². The van der Waals surface area contributed by atoms with Crippen LogP contribution in [0, 0.1) is 6.92 Å². The van der Waals surface area contributed by atoms with Gasteiger partial charge in [-0.25, -0.2) is 8.42 Å². The molecule has 4 nitrogen and oxygen atoms in total. The number of sulfonamides is 1. The van der Waals surface area contributed by atoms with E-state index in [1.54, 1.807) is 22.5 Å².